The summed E-state index contributed by atoms with van der Waals surface area (Å²) in [6.45, 7) is 2.03. The van der Waals surface area contributed by atoms with Gasteiger partial charge in [0.2, 0.25) is 0 Å². The van der Waals surface area contributed by atoms with Gasteiger partial charge in [-0.1, -0.05) is 0 Å². The molecule has 0 aromatic carbocycles. The zero-order valence-corrected chi connectivity index (χ0v) is 12.2. The third-order valence-corrected chi connectivity index (χ3v) is 4.80. The van der Waals surface area contributed by atoms with Gasteiger partial charge in [0.05, 0.1) is 5.69 Å². The van der Waals surface area contributed by atoms with E-state index in [4.69, 9.17) is 5.84 Å². The molecule has 1 aromatic heterocycles. The minimum Gasteiger partial charge on any atom is -0.272 e. The summed E-state index contributed by atoms with van der Waals surface area (Å²) in [6, 6.07) is 2.52. The average molecular weight is 268 g/mol. The largest absolute Gasteiger partial charge is 0.272 e. The minimum atomic E-state index is 0.368. The van der Waals surface area contributed by atoms with Crippen LogP contribution in [0.4, 0.5) is 0 Å². The molecule has 1 aliphatic rings. The third kappa shape index (κ3) is 3.73. The van der Waals surface area contributed by atoms with Crippen molar-refractivity contribution in [2.45, 2.75) is 38.6 Å². The SMILES string of the molecule is Cc1cc(CC(CC2CCSCC2)NN)n(C)n1. The number of hydrogen-bond donors (Lipinski definition) is 2. The first-order valence-electron chi connectivity index (χ1n) is 6.72. The van der Waals surface area contributed by atoms with Gasteiger partial charge >= 0.3 is 0 Å². The Kier molecular flexibility index (Phi) is 5.09. The molecular weight excluding hydrogens is 244 g/mol. The number of hydrazine groups is 1. The Hall–Kier alpha value is -0.520. The van der Waals surface area contributed by atoms with Gasteiger partial charge in [0.1, 0.15) is 0 Å². The van der Waals surface area contributed by atoms with E-state index < -0.39 is 0 Å². The molecule has 1 aromatic rings. The highest BCUT2D eigenvalue weighted by molar-refractivity contribution is 7.99. The number of rotatable bonds is 5. The van der Waals surface area contributed by atoms with E-state index in [9.17, 15) is 0 Å². The van der Waals surface area contributed by atoms with Gasteiger partial charge in [-0.05, 0) is 49.7 Å². The Balaban J connectivity index is 1.90. The molecule has 0 amide bonds. The van der Waals surface area contributed by atoms with Crippen molar-refractivity contribution in [1.82, 2.24) is 15.2 Å². The van der Waals surface area contributed by atoms with Crippen LogP contribution >= 0.6 is 11.8 Å². The lowest BCUT2D eigenvalue weighted by atomic mass is 9.92. The number of hydrogen-bond acceptors (Lipinski definition) is 4. The van der Waals surface area contributed by atoms with Crippen LogP contribution in [0.1, 0.15) is 30.7 Å². The van der Waals surface area contributed by atoms with Crippen LogP contribution in [0.25, 0.3) is 0 Å². The Morgan fingerprint density at radius 1 is 1.56 bits per heavy atom. The minimum absolute atomic E-state index is 0.368. The van der Waals surface area contributed by atoms with E-state index in [0.29, 0.717) is 6.04 Å². The fourth-order valence-corrected chi connectivity index (χ4v) is 3.91. The molecule has 102 valence electrons. The average Bonchev–Trinajstić information content (AvgIpc) is 2.68. The van der Waals surface area contributed by atoms with Crippen molar-refractivity contribution < 1.29 is 0 Å². The number of nitrogens with two attached hydrogens (primary N) is 1. The number of aryl methyl sites for hydroxylation is 2. The topological polar surface area (TPSA) is 55.9 Å². The lowest BCUT2D eigenvalue weighted by Gasteiger charge is -2.26. The maximum Gasteiger partial charge on any atom is 0.0596 e. The molecule has 18 heavy (non-hydrogen) atoms. The van der Waals surface area contributed by atoms with Gasteiger partial charge in [0.25, 0.3) is 0 Å². The van der Waals surface area contributed by atoms with Gasteiger partial charge < -0.3 is 0 Å². The zero-order chi connectivity index (χ0) is 13.0. The van der Waals surface area contributed by atoms with Crippen LogP contribution in [0.3, 0.4) is 0 Å². The molecule has 0 spiro atoms. The molecule has 0 aliphatic carbocycles. The number of aromatic nitrogens is 2. The van der Waals surface area contributed by atoms with Crippen LogP contribution < -0.4 is 11.3 Å². The van der Waals surface area contributed by atoms with Crippen LogP contribution in [0.15, 0.2) is 6.07 Å². The second-order valence-electron chi connectivity index (χ2n) is 5.26. The monoisotopic (exact) mass is 268 g/mol. The van der Waals surface area contributed by atoms with E-state index in [1.54, 1.807) is 0 Å². The highest BCUT2D eigenvalue weighted by Gasteiger charge is 2.19. The molecular formula is C13H24N4S. The van der Waals surface area contributed by atoms with Crippen LogP contribution in [-0.2, 0) is 13.5 Å². The first kappa shape index (κ1) is 13.9. The smallest absolute Gasteiger partial charge is 0.0596 e. The van der Waals surface area contributed by atoms with Crippen LogP contribution in [-0.4, -0.2) is 27.3 Å². The van der Waals surface area contributed by atoms with Crippen LogP contribution in [0.2, 0.25) is 0 Å². The Bertz CT molecular complexity index is 371. The van der Waals surface area contributed by atoms with E-state index in [1.807, 2.05) is 18.7 Å². The first-order chi connectivity index (χ1) is 8.69. The van der Waals surface area contributed by atoms with E-state index in [0.717, 1.165) is 18.0 Å². The quantitative estimate of drug-likeness (QED) is 0.629. The summed E-state index contributed by atoms with van der Waals surface area (Å²) in [6.07, 6.45) is 4.83. The molecule has 0 bridgehead atoms. The van der Waals surface area contributed by atoms with Crippen molar-refractivity contribution in [1.29, 1.82) is 0 Å². The lowest BCUT2D eigenvalue weighted by Crippen LogP contribution is -2.39. The number of nitrogens with one attached hydrogen (secondary N) is 1. The summed E-state index contributed by atoms with van der Waals surface area (Å²) in [4.78, 5) is 0. The van der Waals surface area contributed by atoms with Crippen molar-refractivity contribution in [3.63, 3.8) is 0 Å². The molecule has 1 saturated heterocycles. The predicted molar refractivity (Wildman–Crippen MR) is 77.4 cm³/mol. The standard InChI is InChI=1S/C13H24N4S/c1-10-7-13(17(2)16-10)9-12(15-14)8-11-3-5-18-6-4-11/h7,11-12,15H,3-6,8-9,14H2,1-2H3. The van der Waals surface area contributed by atoms with Crippen molar-refractivity contribution in [2.24, 2.45) is 18.8 Å². The maximum absolute atomic E-state index is 5.71. The van der Waals surface area contributed by atoms with Gasteiger partial charge in [-0.15, -0.1) is 0 Å². The normalized spacial score (nSPS) is 19.1. The molecule has 1 atom stereocenters. The summed E-state index contributed by atoms with van der Waals surface area (Å²) < 4.78 is 1.97. The van der Waals surface area contributed by atoms with Crippen molar-refractivity contribution in [3.8, 4) is 0 Å². The van der Waals surface area contributed by atoms with E-state index in [-0.39, 0.29) is 0 Å². The van der Waals surface area contributed by atoms with Crippen molar-refractivity contribution in [3.05, 3.63) is 17.5 Å². The Morgan fingerprint density at radius 3 is 2.83 bits per heavy atom. The summed E-state index contributed by atoms with van der Waals surface area (Å²) in [5, 5.41) is 4.39. The van der Waals surface area contributed by atoms with Gasteiger partial charge in [-0.2, -0.15) is 16.9 Å². The molecule has 4 nitrogen and oxygen atoms in total. The molecule has 0 radical (unpaired) electrons. The van der Waals surface area contributed by atoms with Crippen LogP contribution in [0.5, 0.6) is 0 Å². The molecule has 2 heterocycles. The highest BCUT2D eigenvalue weighted by Crippen LogP contribution is 2.26. The first-order valence-corrected chi connectivity index (χ1v) is 7.88. The van der Waals surface area contributed by atoms with E-state index in [2.05, 4.69) is 28.4 Å². The predicted octanol–water partition coefficient (Wildman–Crippen LogP) is 1.64. The lowest BCUT2D eigenvalue weighted by molar-refractivity contribution is 0.361. The van der Waals surface area contributed by atoms with Gasteiger partial charge in [-0.25, -0.2) is 0 Å². The van der Waals surface area contributed by atoms with Crippen molar-refractivity contribution >= 4 is 11.8 Å². The fraction of sp³-hybridized carbons (Fsp3) is 0.769. The summed E-state index contributed by atoms with van der Waals surface area (Å²) >= 11 is 2.08. The number of thioether (sulfide) groups is 1. The second kappa shape index (κ2) is 6.59. The Labute approximate surface area is 114 Å². The zero-order valence-electron chi connectivity index (χ0n) is 11.4. The molecule has 3 N–H and O–H groups in total. The fourth-order valence-electron chi connectivity index (χ4n) is 2.70. The maximum atomic E-state index is 5.71. The van der Waals surface area contributed by atoms with Crippen molar-refractivity contribution in [2.75, 3.05) is 11.5 Å². The molecule has 2 rings (SSSR count). The third-order valence-electron chi connectivity index (χ3n) is 3.75. The second-order valence-corrected chi connectivity index (χ2v) is 6.48. The summed E-state index contributed by atoms with van der Waals surface area (Å²) in [5.74, 6) is 9.17. The van der Waals surface area contributed by atoms with Gasteiger partial charge in [-0.3, -0.25) is 16.0 Å². The Morgan fingerprint density at radius 2 is 2.28 bits per heavy atom. The number of nitrogens with zero attached hydrogens (tertiary/aromatic N) is 2. The van der Waals surface area contributed by atoms with Crippen LogP contribution in [0, 0.1) is 12.8 Å². The molecule has 1 fully saturated rings. The summed E-state index contributed by atoms with van der Waals surface area (Å²) in [5.41, 5.74) is 5.33. The highest BCUT2D eigenvalue weighted by atomic mass is 32.2. The van der Waals surface area contributed by atoms with Gasteiger partial charge in [0, 0.05) is 25.2 Å². The molecule has 1 unspecified atom stereocenters. The van der Waals surface area contributed by atoms with E-state index in [1.165, 1.54) is 36.5 Å². The van der Waals surface area contributed by atoms with E-state index >= 15 is 0 Å². The molecule has 0 saturated carbocycles. The molecule has 1 aliphatic heterocycles. The van der Waals surface area contributed by atoms with Gasteiger partial charge in [0.15, 0.2) is 0 Å². The molecule has 5 heteroatoms. The summed E-state index contributed by atoms with van der Waals surface area (Å²) in [7, 11) is 2.01.